The van der Waals surface area contributed by atoms with Gasteiger partial charge in [-0.1, -0.05) is 24.3 Å². The van der Waals surface area contributed by atoms with Gasteiger partial charge in [-0.3, -0.25) is 4.79 Å². The Kier molecular flexibility index (Phi) is 4.63. The van der Waals surface area contributed by atoms with E-state index >= 15 is 0 Å². The lowest BCUT2D eigenvalue weighted by Gasteiger charge is -2.23. The molecule has 1 saturated heterocycles. The average molecular weight is 390 g/mol. The molecule has 1 atom stereocenters. The Balaban J connectivity index is 1.50. The number of rotatable bonds is 3. The van der Waals surface area contributed by atoms with Crippen molar-refractivity contribution in [2.45, 2.75) is 31.5 Å². The summed E-state index contributed by atoms with van der Waals surface area (Å²) in [5, 5.41) is 0.925. The Morgan fingerprint density at radius 2 is 1.89 bits per heavy atom. The van der Waals surface area contributed by atoms with E-state index in [0.717, 1.165) is 40.2 Å². The molecule has 0 bridgehead atoms. The smallest absolute Gasteiger partial charge is 0.333 e. The molecule has 140 valence electrons. The number of amides is 1. The third kappa shape index (κ3) is 3.69. The van der Waals surface area contributed by atoms with Gasteiger partial charge in [0.1, 0.15) is 5.01 Å². The zero-order valence-corrected chi connectivity index (χ0v) is 15.2. The maximum absolute atomic E-state index is 12.8. The molecule has 0 N–H and O–H groups in total. The highest BCUT2D eigenvalue weighted by Gasteiger charge is 2.33. The Bertz CT molecular complexity index is 932. The molecule has 1 aromatic heterocycles. The van der Waals surface area contributed by atoms with Gasteiger partial charge in [0.05, 0.1) is 28.2 Å². The fourth-order valence-corrected chi connectivity index (χ4v) is 4.56. The van der Waals surface area contributed by atoms with E-state index in [1.54, 1.807) is 11.3 Å². The number of thiazole rings is 1. The first-order chi connectivity index (χ1) is 12.9. The van der Waals surface area contributed by atoms with Crippen molar-refractivity contribution in [3.63, 3.8) is 0 Å². The summed E-state index contributed by atoms with van der Waals surface area (Å²) in [6.07, 6.45) is -2.51. The van der Waals surface area contributed by atoms with Crippen LogP contribution in [0.2, 0.25) is 0 Å². The number of nitrogens with zero attached hydrogens (tertiary/aromatic N) is 2. The van der Waals surface area contributed by atoms with Crippen LogP contribution >= 0.6 is 11.3 Å². The molecule has 0 saturated carbocycles. The van der Waals surface area contributed by atoms with Crippen molar-refractivity contribution in [1.82, 2.24) is 9.88 Å². The molecule has 2 aromatic carbocycles. The van der Waals surface area contributed by atoms with Gasteiger partial charge in [-0.05, 0) is 42.7 Å². The fraction of sp³-hybridized carbons (Fsp3) is 0.300. The van der Waals surface area contributed by atoms with Crippen molar-refractivity contribution in [2.75, 3.05) is 6.54 Å². The number of hydrogen-bond acceptors (Lipinski definition) is 3. The first kappa shape index (κ1) is 18.0. The molecule has 1 aliphatic rings. The van der Waals surface area contributed by atoms with Crippen LogP contribution in [0.4, 0.5) is 13.2 Å². The number of aromatic nitrogens is 1. The van der Waals surface area contributed by atoms with Crippen LogP contribution in [-0.4, -0.2) is 22.3 Å². The van der Waals surface area contributed by atoms with Gasteiger partial charge in [0.15, 0.2) is 0 Å². The summed E-state index contributed by atoms with van der Waals surface area (Å²) in [6.45, 7) is 0.653. The Hall–Kier alpha value is -2.41. The minimum atomic E-state index is -4.37. The molecule has 0 unspecified atom stereocenters. The van der Waals surface area contributed by atoms with Gasteiger partial charge in [-0.15, -0.1) is 11.3 Å². The number of carbonyl (C=O) groups is 1. The van der Waals surface area contributed by atoms with Crippen LogP contribution in [0, 0.1) is 0 Å². The average Bonchev–Trinajstić information content (AvgIpc) is 3.28. The second-order valence-electron chi connectivity index (χ2n) is 6.64. The second-order valence-corrected chi connectivity index (χ2v) is 7.70. The quantitative estimate of drug-likeness (QED) is 0.614. The van der Waals surface area contributed by atoms with E-state index in [9.17, 15) is 18.0 Å². The Morgan fingerprint density at radius 1 is 1.15 bits per heavy atom. The number of para-hydroxylation sites is 1. The van der Waals surface area contributed by atoms with Crippen molar-refractivity contribution >= 4 is 27.5 Å². The third-order valence-corrected chi connectivity index (χ3v) is 5.94. The molecule has 1 fully saturated rings. The summed E-state index contributed by atoms with van der Waals surface area (Å²) in [5.74, 6) is -0.0727. The first-order valence-electron chi connectivity index (χ1n) is 8.73. The van der Waals surface area contributed by atoms with Crippen LogP contribution in [0.5, 0.6) is 0 Å². The van der Waals surface area contributed by atoms with Gasteiger partial charge in [-0.2, -0.15) is 13.2 Å². The van der Waals surface area contributed by atoms with E-state index < -0.39 is 11.7 Å². The van der Waals surface area contributed by atoms with Crippen LogP contribution in [0.25, 0.3) is 10.2 Å². The van der Waals surface area contributed by atoms with Gasteiger partial charge < -0.3 is 4.90 Å². The Morgan fingerprint density at radius 3 is 2.59 bits per heavy atom. The fourth-order valence-electron chi connectivity index (χ4n) is 3.44. The summed E-state index contributed by atoms with van der Waals surface area (Å²) in [5.41, 5.74) is 0.815. The number of hydrogen-bond donors (Lipinski definition) is 0. The largest absolute Gasteiger partial charge is 0.416 e. The highest BCUT2D eigenvalue weighted by Crippen LogP contribution is 2.37. The highest BCUT2D eigenvalue weighted by molar-refractivity contribution is 7.18. The van der Waals surface area contributed by atoms with Crippen LogP contribution in [0.3, 0.4) is 0 Å². The normalized spacial score (nSPS) is 17.6. The molecule has 7 heteroatoms. The lowest BCUT2D eigenvalue weighted by atomic mass is 10.1. The van der Waals surface area contributed by atoms with Crippen molar-refractivity contribution < 1.29 is 18.0 Å². The SMILES string of the molecule is O=C(Cc1ccc(C(F)(F)F)cc1)N1CCC[C@@H]1c1nc2ccccc2s1. The van der Waals surface area contributed by atoms with E-state index in [0.29, 0.717) is 12.1 Å². The zero-order chi connectivity index (χ0) is 19.0. The molecule has 1 amide bonds. The summed E-state index contributed by atoms with van der Waals surface area (Å²) < 4.78 is 39.1. The molecule has 0 aliphatic carbocycles. The number of fused-ring (bicyclic) bond motifs is 1. The van der Waals surface area contributed by atoms with E-state index in [1.807, 2.05) is 29.2 Å². The minimum Gasteiger partial charge on any atom is -0.333 e. The van der Waals surface area contributed by atoms with E-state index in [4.69, 9.17) is 0 Å². The molecule has 0 spiro atoms. The molecule has 2 heterocycles. The Labute approximate surface area is 158 Å². The number of halogens is 3. The van der Waals surface area contributed by atoms with Crippen molar-refractivity contribution in [3.8, 4) is 0 Å². The second kappa shape index (κ2) is 6.96. The van der Waals surface area contributed by atoms with Gasteiger partial charge in [0.25, 0.3) is 0 Å². The lowest BCUT2D eigenvalue weighted by molar-refractivity contribution is -0.137. The number of benzene rings is 2. The number of carbonyl (C=O) groups excluding carboxylic acids is 1. The van der Waals surface area contributed by atoms with Gasteiger partial charge in [0, 0.05) is 6.54 Å². The van der Waals surface area contributed by atoms with E-state index in [1.165, 1.54) is 12.1 Å². The first-order valence-corrected chi connectivity index (χ1v) is 9.54. The standard InChI is InChI=1S/C20H17F3N2OS/c21-20(22,23)14-9-7-13(8-10-14)12-18(26)25-11-3-5-16(25)19-24-15-4-1-2-6-17(15)27-19/h1-2,4,6-10,16H,3,5,11-12H2/t16-/m1/s1. The molecule has 1 aliphatic heterocycles. The van der Waals surface area contributed by atoms with E-state index in [2.05, 4.69) is 4.98 Å². The third-order valence-electron chi connectivity index (χ3n) is 4.81. The van der Waals surface area contributed by atoms with Crippen LogP contribution in [0.1, 0.15) is 35.0 Å². The summed E-state index contributed by atoms with van der Waals surface area (Å²) in [6, 6.07) is 12.6. The predicted molar refractivity (Wildman–Crippen MR) is 98.5 cm³/mol. The van der Waals surface area contributed by atoms with Crippen molar-refractivity contribution in [3.05, 3.63) is 64.7 Å². The van der Waals surface area contributed by atoms with Gasteiger partial charge in [0.2, 0.25) is 5.91 Å². The molecule has 0 radical (unpaired) electrons. The zero-order valence-electron chi connectivity index (χ0n) is 14.4. The van der Waals surface area contributed by atoms with Crippen molar-refractivity contribution in [1.29, 1.82) is 0 Å². The summed E-state index contributed by atoms with van der Waals surface area (Å²) in [7, 11) is 0. The summed E-state index contributed by atoms with van der Waals surface area (Å²) >= 11 is 1.60. The molecule has 3 aromatic rings. The van der Waals surface area contributed by atoms with Crippen LogP contribution < -0.4 is 0 Å². The highest BCUT2D eigenvalue weighted by atomic mass is 32.1. The van der Waals surface area contributed by atoms with Gasteiger partial charge >= 0.3 is 6.18 Å². The maximum atomic E-state index is 12.8. The molecule has 4 rings (SSSR count). The molecular formula is C20H17F3N2OS. The predicted octanol–water partition coefficient (Wildman–Crippen LogP) is 5.22. The molecular weight excluding hydrogens is 373 g/mol. The minimum absolute atomic E-state index is 0.0515. The maximum Gasteiger partial charge on any atom is 0.416 e. The van der Waals surface area contributed by atoms with E-state index in [-0.39, 0.29) is 18.4 Å². The molecule has 27 heavy (non-hydrogen) atoms. The monoisotopic (exact) mass is 390 g/mol. The topological polar surface area (TPSA) is 33.2 Å². The number of likely N-dealkylation sites (tertiary alicyclic amines) is 1. The van der Waals surface area contributed by atoms with Crippen LogP contribution in [0.15, 0.2) is 48.5 Å². The molecule has 3 nitrogen and oxygen atoms in total. The summed E-state index contributed by atoms with van der Waals surface area (Å²) in [4.78, 5) is 19.3. The lowest BCUT2D eigenvalue weighted by Crippen LogP contribution is -2.31. The van der Waals surface area contributed by atoms with Crippen LogP contribution in [-0.2, 0) is 17.4 Å². The van der Waals surface area contributed by atoms with Gasteiger partial charge in [-0.25, -0.2) is 4.98 Å². The van der Waals surface area contributed by atoms with Crippen molar-refractivity contribution in [2.24, 2.45) is 0 Å². The number of alkyl halides is 3.